The Hall–Kier alpha value is -2.85. The minimum absolute atomic E-state index is 0.271. The molecular formula is C28H27F3O3. The number of methoxy groups -OCH3 is 1. The molecule has 4 rings (SSSR count). The summed E-state index contributed by atoms with van der Waals surface area (Å²) in [6.07, 6.45) is 2.53. The predicted molar refractivity (Wildman–Crippen MR) is 125 cm³/mol. The highest BCUT2D eigenvalue weighted by Crippen LogP contribution is 2.22. The van der Waals surface area contributed by atoms with Gasteiger partial charge >= 0.3 is 0 Å². The first kappa shape index (κ1) is 24.3. The smallest absolute Gasteiger partial charge is 0.157 e. The van der Waals surface area contributed by atoms with Crippen molar-refractivity contribution in [1.29, 1.82) is 0 Å². The second-order valence-corrected chi connectivity index (χ2v) is 8.53. The molecule has 0 bridgehead atoms. The van der Waals surface area contributed by atoms with Crippen LogP contribution in [0.1, 0.15) is 36.0 Å². The lowest BCUT2D eigenvalue weighted by Crippen LogP contribution is -2.32. The first-order valence-corrected chi connectivity index (χ1v) is 11.4. The van der Waals surface area contributed by atoms with Crippen LogP contribution in [0.4, 0.5) is 13.2 Å². The molecule has 1 aliphatic rings. The van der Waals surface area contributed by atoms with E-state index in [0.29, 0.717) is 43.1 Å². The van der Waals surface area contributed by atoms with E-state index in [0.717, 1.165) is 30.2 Å². The topological polar surface area (TPSA) is 27.7 Å². The maximum absolute atomic E-state index is 14.6. The van der Waals surface area contributed by atoms with E-state index in [1.165, 1.54) is 24.3 Å². The van der Waals surface area contributed by atoms with Gasteiger partial charge in [0.2, 0.25) is 0 Å². The molecule has 34 heavy (non-hydrogen) atoms. The molecule has 0 radical (unpaired) electrons. The number of rotatable bonds is 7. The van der Waals surface area contributed by atoms with Crippen molar-refractivity contribution in [3.8, 4) is 11.8 Å². The SMILES string of the molecule is COCCCC1COC(CCc2cc(F)c(C#Cc3ccc4cc(F)ccc4c3)c(F)c2)OC1. The number of benzene rings is 3. The van der Waals surface area contributed by atoms with Crippen molar-refractivity contribution in [2.45, 2.75) is 32.0 Å². The number of hydrogen-bond acceptors (Lipinski definition) is 3. The molecule has 1 aliphatic heterocycles. The van der Waals surface area contributed by atoms with Crippen molar-refractivity contribution < 1.29 is 27.4 Å². The number of fused-ring (bicyclic) bond motifs is 1. The highest BCUT2D eigenvalue weighted by molar-refractivity contribution is 5.84. The summed E-state index contributed by atoms with van der Waals surface area (Å²) in [5.74, 6) is 4.03. The molecule has 0 N–H and O–H groups in total. The Morgan fingerprint density at radius 3 is 2.32 bits per heavy atom. The monoisotopic (exact) mass is 468 g/mol. The van der Waals surface area contributed by atoms with Gasteiger partial charge in [0.25, 0.3) is 0 Å². The number of halogens is 3. The third-order valence-electron chi connectivity index (χ3n) is 5.90. The zero-order chi connectivity index (χ0) is 23.9. The van der Waals surface area contributed by atoms with Gasteiger partial charge in [-0.15, -0.1) is 0 Å². The molecule has 1 saturated heterocycles. The fraction of sp³-hybridized carbons (Fsp3) is 0.357. The highest BCUT2D eigenvalue weighted by Gasteiger charge is 2.22. The molecule has 0 spiro atoms. The summed E-state index contributed by atoms with van der Waals surface area (Å²) < 4.78 is 59.1. The van der Waals surface area contributed by atoms with E-state index in [1.54, 1.807) is 31.4 Å². The van der Waals surface area contributed by atoms with Gasteiger partial charge in [-0.2, -0.15) is 0 Å². The second kappa shape index (κ2) is 11.5. The number of hydrogen-bond donors (Lipinski definition) is 0. The first-order chi connectivity index (χ1) is 16.5. The summed E-state index contributed by atoms with van der Waals surface area (Å²) >= 11 is 0. The van der Waals surface area contributed by atoms with Gasteiger partial charge in [0.1, 0.15) is 17.5 Å². The van der Waals surface area contributed by atoms with E-state index in [9.17, 15) is 13.2 Å². The van der Waals surface area contributed by atoms with Crippen LogP contribution >= 0.6 is 0 Å². The van der Waals surface area contributed by atoms with Gasteiger partial charge in [-0.3, -0.25) is 0 Å². The van der Waals surface area contributed by atoms with Gasteiger partial charge in [0.05, 0.1) is 18.8 Å². The van der Waals surface area contributed by atoms with Crippen molar-refractivity contribution in [3.05, 3.63) is 82.7 Å². The Labute approximate surface area is 197 Å². The van der Waals surface area contributed by atoms with E-state index in [-0.39, 0.29) is 17.7 Å². The Morgan fingerprint density at radius 1 is 0.882 bits per heavy atom. The summed E-state index contributed by atoms with van der Waals surface area (Å²) in [6, 6.07) is 12.3. The molecule has 1 fully saturated rings. The number of ether oxygens (including phenoxy) is 3. The Bertz CT molecular complexity index is 1170. The summed E-state index contributed by atoms with van der Waals surface area (Å²) in [5.41, 5.74) is 0.851. The van der Waals surface area contributed by atoms with E-state index < -0.39 is 11.6 Å². The normalized spacial score (nSPS) is 18.0. The van der Waals surface area contributed by atoms with Crippen molar-refractivity contribution in [2.24, 2.45) is 5.92 Å². The maximum Gasteiger partial charge on any atom is 0.157 e. The summed E-state index contributed by atoms with van der Waals surface area (Å²) in [7, 11) is 1.68. The van der Waals surface area contributed by atoms with Gasteiger partial charge in [-0.05, 0) is 72.0 Å². The van der Waals surface area contributed by atoms with Gasteiger partial charge in [-0.1, -0.05) is 24.0 Å². The Morgan fingerprint density at radius 2 is 1.59 bits per heavy atom. The van der Waals surface area contributed by atoms with Crippen LogP contribution in [0.15, 0.2) is 48.5 Å². The molecule has 1 heterocycles. The molecule has 0 atom stereocenters. The van der Waals surface area contributed by atoms with Gasteiger partial charge in [-0.25, -0.2) is 13.2 Å². The quantitative estimate of drug-likeness (QED) is 0.314. The Balaban J connectivity index is 1.35. The van der Waals surface area contributed by atoms with E-state index >= 15 is 0 Å². The molecule has 0 aromatic heterocycles. The first-order valence-electron chi connectivity index (χ1n) is 11.4. The van der Waals surface area contributed by atoms with Crippen LogP contribution in [0.3, 0.4) is 0 Å². The molecule has 0 aliphatic carbocycles. The highest BCUT2D eigenvalue weighted by atomic mass is 19.1. The lowest BCUT2D eigenvalue weighted by molar-refractivity contribution is -0.203. The molecule has 0 saturated carbocycles. The summed E-state index contributed by atoms with van der Waals surface area (Å²) in [6.45, 7) is 1.96. The summed E-state index contributed by atoms with van der Waals surface area (Å²) in [4.78, 5) is 0. The van der Waals surface area contributed by atoms with Crippen LogP contribution < -0.4 is 0 Å². The third-order valence-corrected chi connectivity index (χ3v) is 5.90. The average Bonchev–Trinajstić information content (AvgIpc) is 2.83. The van der Waals surface area contributed by atoms with Crippen molar-refractivity contribution >= 4 is 10.8 Å². The molecule has 3 aromatic carbocycles. The zero-order valence-electron chi connectivity index (χ0n) is 19.1. The Kier molecular flexibility index (Phi) is 8.23. The second-order valence-electron chi connectivity index (χ2n) is 8.53. The van der Waals surface area contributed by atoms with Crippen LogP contribution in [0.5, 0.6) is 0 Å². The van der Waals surface area contributed by atoms with Crippen molar-refractivity contribution in [2.75, 3.05) is 26.9 Å². The van der Waals surface area contributed by atoms with Crippen LogP contribution in [0.25, 0.3) is 10.8 Å². The minimum Gasteiger partial charge on any atom is -0.385 e. The molecule has 6 heteroatoms. The largest absolute Gasteiger partial charge is 0.385 e. The fourth-order valence-corrected chi connectivity index (χ4v) is 4.04. The van der Waals surface area contributed by atoms with Crippen molar-refractivity contribution in [1.82, 2.24) is 0 Å². The zero-order valence-corrected chi connectivity index (χ0v) is 19.1. The van der Waals surface area contributed by atoms with Gasteiger partial charge in [0, 0.05) is 31.6 Å². The van der Waals surface area contributed by atoms with Crippen LogP contribution in [0.2, 0.25) is 0 Å². The number of aryl methyl sites for hydroxylation is 1. The van der Waals surface area contributed by atoms with E-state index in [1.807, 2.05) is 0 Å². The molecule has 3 nitrogen and oxygen atoms in total. The molecule has 0 amide bonds. The van der Waals surface area contributed by atoms with Crippen LogP contribution in [0, 0.1) is 35.2 Å². The lowest BCUT2D eigenvalue weighted by Gasteiger charge is -2.29. The summed E-state index contributed by atoms with van der Waals surface area (Å²) in [5, 5.41) is 1.54. The average molecular weight is 469 g/mol. The fourth-order valence-electron chi connectivity index (χ4n) is 4.04. The van der Waals surface area contributed by atoms with E-state index in [2.05, 4.69) is 11.8 Å². The van der Waals surface area contributed by atoms with Gasteiger partial charge in [0.15, 0.2) is 6.29 Å². The third kappa shape index (κ3) is 6.38. The maximum atomic E-state index is 14.6. The van der Waals surface area contributed by atoms with E-state index in [4.69, 9.17) is 14.2 Å². The molecular weight excluding hydrogens is 441 g/mol. The van der Waals surface area contributed by atoms with Crippen LogP contribution in [-0.4, -0.2) is 33.2 Å². The lowest BCUT2D eigenvalue weighted by atomic mass is 10.0. The predicted octanol–water partition coefficient (Wildman–Crippen LogP) is 6.01. The standard InChI is InChI=1S/C28H27F3O3/c1-32-12-2-3-21-17-33-28(34-18-21)11-6-20-14-26(30)25(27(31)15-20)10-5-19-4-7-23-16-24(29)9-8-22(23)13-19/h4,7-9,13-16,21,28H,2-3,6,11-12,17-18H2,1H3. The molecule has 178 valence electrons. The minimum atomic E-state index is -0.700. The van der Waals surface area contributed by atoms with Crippen LogP contribution in [-0.2, 0) is 20.6 Å². The van der Waals surface area contributed by atoms with Crippen molar-refractivity contribution in [3.63, 3.8) is 0 Å². The molecule has 3 aromatic rings. The van der Waals surface area contributed by atoms with Gasteiger partial charge < -0.3 is 14.2 Å². The molecule has 0 unspecified atom stereocenters.